The summed E-state index contributed by atoms with van der Waals surface area (Å²) in [6, 6.07) is -0.532. The standard InChI is InChI=1S/C10H15NO3/c1-2-5-11-9(10(12)13)8-3-6-14-7-4-8/h1,8-9,11H,3-7H2,(H,12,13). The van der Waals surface area contributed by atoms with E-state index in [0.29, 0.717) is 19.8 Å². The van der Waals surface area contributed by atoms with Gasteiger partial charge in [-0.3, -0.25) is 10.1 Å². The maximum absolute atomic E-state index is 10.9. The summed E-state index contributed by atoms with van der Waals surface area (Å²) in [5, 5.41) is 11.8. The Bertz CT molecular complexity index is 228. The Morgan fingerprint density at radius 2 is 2.29 bits per heavy atom. The first kappa shape index (κ1) is 11.0. The van der Waals surface area contributed by atoms with E-state index in [1.54, 1.807) is 0 Å². The first-order valence-electron chi connectivity index (χ1n) is 4.73. The number of aliphatic carboxylic acids is 1. The predicted octanol–water partition coefficient (Wildman–Crippen LogP) is 0.0890. The number of hydrogen-bond acceptors (Lipinski definition) is 3. The van der Waals surface area contributed by atoms with Crippen LogP contribution >= 0.6 is 0 Å². The normalized spacial score (nSPS) is 19.9. The molecule has 0 aromatic rings. The molecule has 78 valence electrons. The number of hydrogen-bond donors (Lipinski definition) is 2. The van der Waals surface area contributed by atoms with Crippen LogP contribution < -0.4 is 5.32 Å². The third-order valence-electron chi connectivity index (χ3n) is 2.43. The van der Waals surface area contributed by atoms with Gasteiger partial charge in [0.2, 0.25) is 0 Å². The molecule has 1 atom stereocenters. The number of ether oxygens (including phenoxy) is 1. The second kappa shape index (κ2) is 5.63. The molecule has 1 unspecified atom stereocenters. The summed E-state index contributed by atoms with van der Waals surface area (Å²) in [5.74, 6) is 1.69. The van der Waals surface area contributed by atoms with Gasteiger partial charge in [0.05, 0.1) is 6.54 Å². The highest BCUT2D eigenvalue weighted by Gasteiger charge is 2.28. The van der Waals surface area contributed by atoms with Crippen LogP contribution in [0.5, 0.6) is 0 Å². The van der Waals surface area contributed by atoms with Gasteiger partial charge in [0.25, 0.3) is 0 Å². The van der Waals surface area contributed by atoms with Crippen LogP contribution in [0.1, 0.15) is 12.8 Å². The summed E-state index contributed by atoms with van der Waals surface area (Å²) in [5.41, 5.74) is 0. The van der Waals surface area contributed by atoms with E-state index in [1.807, 2.05) is 0 Å². The van der Waals surface area contributed by atoms with Crippen molar-refractivity contribution in [2.24, 2.45) is 5.92 Å². The lowest BCUT2D eigenvalue weighted by molar-refractivity contribution is -0.141. The summed E-state index contributed by atoms with van der Waals surface area (Å²) < 4.78 is 5.17. The van der Waals surface area contributed by atoms with Gasteiger partial charge >= 0.3 is 5.97 Å². The highest BCUT2D eigenvalue weighted by atomic mass is 16.5. The lowest BCUT2D eigenvalue weighted by atomic mass is 9.92. The molecular weight excluding hydrogens is 182 g/mol. The smallest absolute Gasteiger partial charge is 0.321 e. The maximum atomic E-state index is 10.9. The van der Waals surface area contributed by atoms with Crippen molar-refractivity contribution in [3.63, 3.8) is 0 Å². The van der Waals surface area contributed by atoms with E-state index in [4.69, 9.17) is 16.3 Å². The van der Waals surface area contributed by atoms with Crippen molar-refractivity contribution in [2.45, 2.75) is 18.9 Å². The van der Waals surface area contributed by atoms with Crippen molar-refractivity contribution in [3.8, 4) is 12.3 Å². The van der Waals surface area contributed by atoms with Gasteiger partial charge in [0.1, 0.15) is 6.04 Å². The second-order valence-corrected chi connectivity index (χ2v) is 3.35. The van der Waals surface area contributed by atoms with Crippen LogP contribution in [0.25, 0.3) is 0 Å². The summed E-state index contributed by atoms with van der Waals surface area (Å²) in [4.78, 5) is 10.9. The molecule has 1 saturated heterocycles. The van der Waals surface area contributed by atoms with E-state index < -0.39 is 12.0 Å². The van der Waals surface area contributed by atoms with Crippen LogP contribution in [0, 0.1) is 18.3 Å². The van der Waals surface area contributed by atoms with E-state index >= 15 is 0 Å². The van der Waals surface area contributed by atoms with Crippen molar-refractivity contribution in [1.29, 1.82) is 0 Å². The molecule has 2 N–H and O–H groups in total. The summed E-state index contributed by atoms with van der Waals surface area (Å²) in [6.07, 6.45) is 6.65. The Labute approximate surface area is 83.6 Å². The molecule has 1 fully saturated rings. The van der Waals surface area contributed by atoms with Crippen molar-refractivity contribution in [1.82, 2.24) is 5.32 Å². The topological polar surface area (TPSA) is 58.6 Å². The van der Waals surface area contributed by atoms with Gasteiger partial charge in [0, 0.05) is 13.2 Å². The number of carboxylic acid groups (broad SMARTS) is 1. The minimum absolute atomic E-state index is 0.134. The zero-order chi connectivity index (χ0) is 10.4. The average Bonchev–Trinajstić information content (AvgIpc) is 2.19. The Kier molecular flexibility index (Phi) is 4.44. The largest absolute Gasteiger partial charge is 0.480 e. The van der Waals surface area contributed by atoms with Gasteiger partial charge in [-0.05, 0) is 18.8 Å². The molecule has 0 aromatic carbocycles. The Morgan fingerprint density at radius 3 is 2.79 bits per heavy atom. The lowest BCUT2D eigenvalue weighted by Gasteiger charge is -2.27. The molecule has 1 aliphatic heterocycles. The fourth-order valence-electron chi connectivity index (χ4n) is 1.67. The molecule has 0 amide bonds. The summed E-state index contributed by atoms with van der Waals surface area (Å²) >= 11 is 0. The molecule has 0 saturated carbocycles. The summed E-state index contributed by atoms with van der Waals surface area (Å²) in [6.45, 7) is 1.59. The molecule has 14 heavy (non-hydrogen) atoms. The highest BCUT2D eigenvalue weighted by Crippen LogP contribution is 2.18. The predicted molar refractivity (Wildman–Crippen MR) is 51.8 cm³/mol. The van der Waals surface area contributed by atoms with E-state index in [9.17, 15) is 4.79 Å². The number of terminal acetylenes is 1. The van der Waals surface area contributed by atoms with Crippen LogP contribution in [0.4, 0.5) is 0 Å². The molecule has 4 heteroatoms. The number of rotatable bonds is 4. The molecule has 4 nitrogen and oxygen atoms in total. The van der Waals surface area contributed by atoms with Gasteiger partial charge in [-0.2, -0.15) is 0 Å². The average molecular weight is 197 g/mol. The van der Waals surface area contributed by atoms with Crippen molar-refractivity contribution >= 4 is 5.97 Å². The Morgan fingerprint density at radius 1 is 1.64 bits per heavy atom. The van der Waals surface area contributed by atoms with Crippen molar-refractivity contribution in [2.75, 3.05) is 19.8 Å². The van der Waals surface area contributed by atoms with Gasteiger partial charge < -0.3 is 9.84 Å². The Balaban J connectivity index is 2.48. The lowest BCUT2D eigenvalue weighted by Crippen LogP contribution is -2.45. The molecule has 0 aliphatic carbocycles. The maximum Gasteiger partial charge on any atom is 0.321 e. The van der Waals surface area contributed by atoms with E-state index in [0.717, 1.165) is 12.8 Å². The molecule has 0 aromatic heterocycles. The van der Waals surface area contributed by atoms with E-state index in [-0.39, 0.29) is 5.92 Å². The van der Waals surface area contributed by atoms with Crippen LogP contribution in [-0.4, -0.2) is 36.9 Å². The number of nitrogens with one attached hydrogen (secondary N) is 1. The van der Waals surface area contributed by atoms with Gasteiger partial charge in [0.15, 0.2) is 0 Å². The first-order chi connectivity index (χ1) is 6.75. The van der Waals surface area contributed by atoms with E-state index in [1.165, 1.54) is 0 Å². The molecular formula is C10H15NO3. The fraction of sp³-hybridized carbons (Fsp3) is 0.700. The molecule has 0 spiro atoms. The minimum atomic E-state index is -0.827. The van der Waals surface area contributed by atoms with Crippen LogP contribution in [0.15, 0.2) is 0 Å². The van der Waals surface area contributed by atoms with Crippen LogP contribution in [0.2, 0.25) is 0 Å². The third-order valence-corrected chi connectivity index (χ3v) is 2.43. The summed E-state index contributed by atoms with van der Waals surface area (Å²) in [7, 11) is 0. The molecule has 1 aliphatic rings. The van der Waals surface area contributed by atoms with Crippen LogP contribution in [0.3, 0.4) is 0 Å². The number of carbonyl (C=O) groups is 1. The second-order valence-electron chi connectivity index (χ2n) is 3.35. The molecule has 1 heterocycles. The van der Waals surface area contributed by atoms with Gasteiger partial charge in [-0.15, -0.1) is 6.42 Å². The number of carboxylic acids is 1. The molecule has 1 rings (SSSR count). The third kappa shape index (κ3) is 3.02. The molecule has 0 bridgehead atoms. The van der Waals surface area contributed by atoms with Crippen molar-refractivity contribution < 1.29 is 14.6 Å². The minimum Gasteiger partial charge on any atom is -0.480 e. The zero-order valence-electron chi connectivity index (χ0n) is 8.03. The van der Waals surface area contributed by atoms with Crippen molar-refractivity contribution in [3.05, 3.63) is 0 Å². The monoisotopic (exact) mass is 197 g/mol. The van der Waals surface area contributed by atoms with Gasteiger partial charge in [-0.1, -0.05) is 5.92 Å². The zero-order valence-corrected chi connectivity index (χ0v) is 8.03. The quantitative estimate of drug-likeness (QED) is 0.627. The van der Waals surface area contributed by atoms with E-state index in [2.05, 4.69) is 11.2 Å². The van der Waals surface area contributed by atoms with Crippen LogP contribution in [-0.2, 0) is 9.53 Å². The Hall–Kier alpha value is -1.05. The first-order valence-corrected chi connectivity index (χ1v) is 4.73. The van der Waals surface area contributed by atoms with Gasteiger partial charge in [-0.25, -0.2) is 0 Å². The fourth-order valence-corrected chi connectivity index (χ4v) is 1.67. The highest BCUT2D eigenvalue weighted by molar-refractivity contribution is 5.73. The molecule has 0 radical (unpaired) electrons. The SMILES string of the molecule is C#CCNC(C(=O)O)C1CCOCC1.